The van der Waals surface area contributed by atoms with Crippen LogP contribution in [0.1, 0.15) is 128 Å². The van der Waals surface area contributed by atoms with Gasteiger partial charge in [0.2, 0.25) is 0 Å². The number of hydrogen-bond donors (Lipinski definition) is 0. The van der Waals surface area contributed by atoms with Gasteiger partial charge in [-0.2, -0.15) is 0 Å². The fourth-order valence-corrected chi connectivity index (χ4v) is 13.2. The van der Waals surface area contributed by atoms with Crippen molar-refractivity contribution < 1.29 is 0 Å². The molecule has 56 heavy (non-hydrogen) atoms. The lowest BCUT2D eigenvalue weighted by Gasteiger charge is -2.53. The number of fused-ring (bicyclic) bond motifs is 10. The minimum absolute atomic E-state index is 0.0173. The van der Waals surface area contributed by atoms with Gasteiger partial charge in [-0.15, -0.1) is 0 Å². The summed E-state index contributed by atoms with van der Waals surface area (Å²) < 4.78 is 0. The summed E-state index contributed by atoms with van der Waals surface area (Å²) in [6, 6.07) is 36.7. The van der Waals surface area contributed by atoms with E-state index in [4.69, 9.17) is 0 Å². The molecule has 4 heteroatoms. The Labute approximate surface area is 336 Å². The molecule has 11 rings (SSSR count). The van der Waals surface area contributed by atoms with Crippen LogP contribution in [0, 0.1) is 13.8 Å². The van der Waals surface area contributed by atoms with E-state index in [9.17, 15) is 0 Å². The van der Waals surface area contributed by atoms with E-state index in [1.165, 1.54) is 124 Å². The molecule has 5 aromatic rings. The smallest absolute Gasteiger partial charge is 0.252 e. The van der Waals surface area contributed by atoms with Gasteiger partial charge in [-0.3, -0.25) is 0 Å². The van der Waals surface area contributed by atoms with Crippen molar-refractivity contribution in [3.8, 4) is 0 Å². The molecule has 0 amide bonds. The Kier molecular flexibility index (Phi) is 6.92. The zero-order chi connectivity index (χ0) is 38.7. The molecule has 0 aromatic heterocycles. The van der Waals surface area contributed by atoms with Crippen molar-refractivity contribution in [1.82, 2.24) is 0 Å². The van der Waals surface area contributed by atoms with Crippen LogP contribution in [-0.2, 0) is 16.2 Å². The molecule has 2 fully saturated rings. The van der Waals surface area contributed by atoms with Gasteiger partial charge in [0.05, 0.1) is 11.1 Å². The van der Waals surface area contributed by atoms with E-state index >= 15 is 0 Å². The third-order valence-electron chi connectivity index (χ3n) is 16.6. The lowest BCUT2D eigenvalue weighted by Crippen LogP contribution is -2.64. The van der Waals surface area contributed by atoms with Crippen LogP contribution in [-0.4, -0.2) is 17.8 Å². The lowest BCUT2D eigenvalue weighted by atomic mass is 9.33. The molecule has 4 aliphatic heterocycles. The summed E-state index contributed by atoms with van der Waals surface area (Å²) in [7, 11) is 0. The number of rotatable bonds is 2. The zero-order valence-electron chi connectivity index (χ0n) is 35.2. The van der Waals surface area contributed by atoms with Crippen LogP contribution < -0.4 is 31.1 Å². The molecule has 0 N–H and O–H groups in total. The Morgan fingerprint density at radius 2 is 1.20 bits per heavy atom. The predicted octanol–water partition coefficient (Wildman–Crippen LogP) is 11.7. The molecule has 6 aliphatic rings. The monoisotopic (exact) mass is 735 g/mol. The number of aryl methyl sites for hydroxylation is 2. The Bertz CT molecular complexity index is 2510. The van der Waals surface area contributed by atoms with E-state index in [0.29, 0.717) is 0 Å². The molecular formula is C52H58BN3. The van der Waals surface area contributed by atoms with E-state index in [0.717, 1.165) is 0 Å². The Morgan fingerprint density at radius 1 is 0.536 bits per heavy atom. The molecule has 2 aliphatic carbocycles. The highest BCUT2D eigenvalue weighted by Gasteiger charge is 2.62. The third-order valence-corrected chi connectivity index (χ3v) is 16.6. The van der Waals surface area contributed by atoms with Gasteiger partial charge < -0.3 is 14.7 Å². The van der Waals surface area contributed by atoms with E-state index in [-0.39, 0.29) is 34.0 Å². The van der Waals surface area contributed by atoms with Crippen molar-refractivity contribution in [2.75, 3.05) is 14.7 Å². The number of para-hydroxylation sites is 1. The number of benzene rings is 5. The summed E-state index contributed by atoms with van der Waals surface area (Å²) in [6.07, 6.45) is 9.99. The van der Waals surface area contributed by atoms with E-state index in [2.05, 4.69) is 168 Å². The zero-order valence-corrected chi connectivity index (χ0v) is 35.2. The largest absolute Gasteiger partial charge is 0.335 e. The second kappa shape index (κ2) is 11.1. The molecule has 0 saturated heterocycles. The lowest BCUT2D eigenvalue weighted by molar-refractivity contribution is 0.194. The second-order valence-corrected chi connectivity index (χ2v) is 20.6. The van der Waals surface area contributed by atoms with Gasteiger partial charge in [-0.25, -0.2) is 0 Å². The fourth-order valence-electron chi connectivity index (χ4n) is 13.2. The normalized spacial score (nSPS) is 28.0. The van der Waals surface area contributed by atoms with Gasteiger partial charge in [0, 0.05) is 50.6 Å². The van der Waals surface area contributed by atoms with Crippen molar-refractivity contribution in [2.24, 2.45) is 0 Å². The van der Waals surface area contributed by atoms with E-state index in [1.807, 2.05) is 0 Å². The Balaban J connectivity index is 1.26. The van der Waals surface area contributed by atoms with Crippen molar-refractivity contribution in [1.29, 1.82) is 0 Å². The fraction of sp³-hybridized carbons (Fsp3) is 0.423. The molecule has 284 valence electrons. The first-order valence-electron chi connectivity index (χ1n) is 21.7. The highest BCUT2D eigenvalue weighted by molar-refractivity contribution is 7.00. The standard InChI is InChI=1S/C52H58BN3/c1-33-16-14-17-36(28-33)54-43-29-34(2)20-22-40(43)53-41-19-15-18-38-47(41)56(52(9)27-13-10-24-49(38,52)6)45-32-37(31-44(54)46(45)53)55-42-23-21-35(48(3,4)5)30-39(42)50(7)25-11-12-26-51(50,55)8/h14-23,28-32H,10-13,24-27H2,1-9H3. The molecule has 0 bridgehead atoms. The highest BCUT2D eigenvalue weighted by atomic mass is 15.3. The first-order valence-corrected chi connectivity index (χ1v) is 21.7. The summed E-state index contributed by atoms with van der Waals surface area (Å²) in [4.78, 5) is 8.40. The topological polar surface area (TPSA) is 9.72 Å². The maximum atomic E-state index is 2.91. The van der Waals surface area contributed by atoms with E-state index in [1.54, 1.807) is 11.1 Å². The SMILES string of the molecule is Cc1cccc(N2c3cc(C)ccc3B3c4cccc5c4N(c4cc(N6c7ccc(C(C)(C)C)cc7C7(C)CCCCC67C)cc2c43)C2(C)CCCCC52C)c1. The van der Waals surface area contributed by atoms with Gasteiger partial charge >= 0.3 is 0 Å². The maximum absolute atomic E-state index is 2.91. The van der Waals surface area contributed by atoms with Crippen LogP contribution in [0.2, 0.25) is 0 Å². The minimum Gasteiger partial charge on any atom is -0.335 e. The van der Waals surface area contributed by atoms with Crippen LogP contribution in [0.5, 0.6) is 0 Å². The van der Waals surface area contributed by atoms with Gasteiger partial charge in [-0.1, -0.05) is 115 Å². The van der Waals surface area contributed by atoms with Crippen molar-refractivity contribution >= 4 is 62.9 Å². The van der Waals surface area contributed by atoms with Gasteiger partial charge in [-0.05, 0) is 139 Å². The molecule has 3 nitrogen and oxygen atoms in total. The van der Waals surface area contributed by atoms with Crippen LogP contribution >= 0.6 is 0 Å². The van der Waals surface area contributed by atoms with Crippen LogP contribution in [0.25, 0.3) is 0 Å². The first kappa shape index (κ1) is 34.8. The summed E-state index contributed by atoms with van der Waals surface area (Å²) >= 11 is 0. The maximum Gasteiger partial charge on any atom is 0.252 e. The minimum atomic E-state index is -0.0478. The van der Waals surface area contributed by atoms with Crippen LogP contribution in [0.4, 0.5) is 39.8 Å². The van der Waals surface area contributed by atoms with Crippen LogP contribution in [0.15, 0.2) is 91.0 Å². The molecule has 0 radical (unpaired) electrons. The predicted molar refractivity (Wildman–Crippen MR) is 240 cm³/mol. The van der Waals surface area contributed by atoms with Crippen molar-refractivity contribution in [3.05, 3.63) is 119 Å². The van der Waals surface area contributed by atoms with Gasteiger partial charge in [0.1, 0.15) is 0 Å². The second-order valence-electron chi connectivity index (χ2n) is 20.6. The first-order chi connectivity index (χ1) is 26.7. The highest BCUT2D eigenvalue weighted by Crippen LogP contribution is 2.64. The average Bonchev–Trinajstić information content (AvgIpc) is 3.51. The summed E-state index contributed by atoms with van der Waals surface area (Å²) in [5.41, 5.74) is 21.3. The average molecular weight is 736 g/mol. The summed E-state index contributed by atoms with van der Waals surface area (Å²) in [5.74, 6) is 0. The van der Waals surface area contributed by atoms with Gasteiger partial charge in [0.25, 0.3) is 6.71 Å². The Hall–Kier alpha value is -4.44. The third kappa shape index (κ3) is 4.16. The summed E-state index contributed by atoms with van der Waals surface area (Å²) in [5, 5.41) is 0. The van der Waals surface area contributed by atoms with E-state index < -0.39 is 0 Å². The number of hydrogen-bond acceptors (Lipinski definition) is 3. The van der Waals surface area contributed by atoms with Crippen molar-refractivity contribution in [3.63, 3.8) is 0 Å². The summed E-state index contributed by atoms with van der Waals surface area (Å²) in [6.45, 7) is 22.2. The van der Waals surface area contributed by atoms with Crippen molar-refractivity contribution in [2.45, 2.75) is 141 Å². The molecular weight excluding hydrogens is 677 g/mol. The molecule has 4 unspecified atom stereocenters. The number of anilines is 7. The number of nitrogens with zero attached hydrogens (tertiary/aromatic N) is 3. The molecule has 5 aromatic carbocycles. The molecule has 0 spiro atoms. The molecule has 2 saturated carbocycles. The molecule has 4 heterocycles. The van der Waals surface area contributed by atoms with Gasteiger partial charge in [0.15, 0.2) is 0 Å². The van der Waals surface area contributed by atoms with Crippen LogP contribution in [0.3, 0.4) is 0 Å². The quantitative estimate of drug-likeness (QED) is 0.164. The Morgan fingerprint density at radius 3 is 1.93 bits per heavy atom. The molecule has 4 atom stereocenters.